The summed E-state index contributed by atoms with van der Waals surface area (Å²) in [5.41, 5.74) is 1.42. The molecule has 0 radical (unpaired) electrons. The van der Waals surface area contributed by atoms with Crippen molar-refractivity contribution in [1.29, 1.82) is 0 Å². The molecule has 0 aliphatic carbocycles. The number of hydrogen-bond donors (Lipinski definition) is 1. The number of carbonyl (C=O) groups excluding carboxylic acids is 3. The maximum Gasteiger partial charge on any atom is 0.324 e. The first-order valence-electron chi connectivity index (χ1n) is 6.96. The summed E-state index contributed by atoms with van der Waals surface area (Å²) in [4.78, 5) is 42.9. The van der Waals surface area contributed by atoms with E-state index in [0.29, 0.717) is 18.8 Å². The number of rotatable bonds is 2. The first-order valence-corrected chi connectivity index (χ1v) is 6.96. The van der Waals surface area contributed by atoms with Crippen molar-refractivity contribution in [2.24, 2.45) is 0 Å². The first-order chi connectivity index (χ1) is 10.1. The predicted molar refractivity (Wildman–Crippen MR) is 73.6 cm³/mol. The van der Waals surface area contributed by atoms with E-state index in [2.05, 4.69) is 10.3 Å². The van der Waals surface area contributed by atoms with E-state index >= 15 is 0 Å². The van der Waals surface area contributed by atoms with Gasteiger partial charge >= 0.3 is 6.03 Å². The number of aromatic nitrogens is 1. The molecular formula is C14H16N4O3. The largest absolute Gasteiger partial charge is 0.333 e. The molecule has 1 N–H and O–H groups in total. The summed E-state index contributed by atoms with van der Waals surface area (Å²) in [6, 6.07) is 2.69. The van der Waals surface area contributed by atoms with Crippen LogP contribution in [-0.4, -0.2) is 58.3 Å². The summed E-state index contributed by atoms with van der Waals surface area (Å²) in [6.45, 7) is 3.00. The fraction of sp³-hybridized carbons (Fsp3) is 0.429. The zero-order valence-electron chi connectivity index (χ0n) is 11.7. The smallest absolute Gasteiger partial charge is 0.324 e. The molecule has 3 heterocycles. The van der Waals surface area contributed by atoms with Gasteiger partial charge in [-0.3, -0.25) is 19.9 Å². The average Bonchev–Trinajstić information content (AvgIpc) is 2.81. The van der Waals surface area contributed by atoms with Crippen LogP contribution in [0.3, 0.4) is 0 Å². The number of aryl methyl sites for hydroxylation is 1. The zero-order valence-corrected chi connectivity index (χ0v) is 11.7. The molecule has 1 aromatic heterocycles. The van der Waals surface area contributed by atoms with Crippen molar-refractivity contribution >= 4 is 17.8 Å². The molecule has 21 heavy (non-hydrogen) atoms. The SMILES string of the molecule is CCc1ccnc(C(=O)N2CCN3C(=O)NC(=O)C3C2)c1. The third kappa shape index (κ3) is 2.35. The Morgan fingerprint density at radius 1 is 1.43 bits per heavy atom. The van der Waals surface area contributed by atoms with Gasteiger partial charge in [-0.15, -0.1) is 0 Å². The van der Waals surface area contributed by atoms with Crippen LogP contribution in [0.25, 0.3) is 0 Å². The van der Waals surface area contributed by atoms with Crippen molar-refractivity contribution in [2.45, 2.75) is 19.4 Å². The molecule has 110 valence electrons. The normalized spacial score (nSPS) is 21.3. The van der Waals surface area contributed by atoms with Gasteiger partial charge in [0.15, 0.2) is 0 Å². The van der Waals surface area contributed by atoms with Crippen LogP contribution >= 0.6 is 0 Å². The molecule has 0 aromatic carbocycles. The van der Waals surface area contributed by atoms with Gasteiger partial charge in [-0.2, -0.15) is 0 Å². The van der Waals surface area contributed by atoms with Crippen LogP contribution in [-0.2, 0) is 11.2 Å². The Labute approximate surface area is 121 Å². The fourth-order valence-corrected chi connectivity index (χ4v) is 2.67. The number of piperazine rings is 1. The molecular weight excluding hydrogens is 272 g/mol. The number of urea groups is 1. The van der Waals surface area contributed by atoms with Crippen molar-refractivity contribution in [3.63, 3.8) is 0 Å². The molecule has 1 aromatic rings. The molecule has 2 aliphatic rings. The minimum atomic E-state index is -0.579. The number of imide groups is 1. The Balaban J connectivity index is 1.77. The molecule has 4 amide bonds. The van der Waals surface area contributed by atoms with Gasteiger partial charge in [0.2, 0.25) is 0 Å². The number of hydrogen-bond acceptors (Lipinski definition) is 4. The van der Waals surface area contributed by atoms with Gasteiger partial charge in [0.25, 0.3) is 11.8 Å². The number of nitrogens with zero attached hydrogens (tertiary/aromatic N) is 3. The van der Waals surface area contributed by atoms with Crippen molar-refractivity contribution in [3.8, 4) is 0 Å². The lowest BCUT2D eigenvalue weighted by Crippen LogP contribution is -2.54. The Hall–Kier alpha value is -2.44. The van der Waals surface area contributed by atoms with Gasteiger partial charge in [0, 0.05) is 19.3 Å². The summed E-state index contributed by atoms with van der Waals surface area (Å²) in [5.74, 6) is -0.537. The highest BCUT2D eigenvalue weighted by Crippen LogP contribution is 2.17. The second-order valence-corrected chi connectivity index (χ2v) is 5.16. The van der Waals surface area contributed by atoms with Crippen LogP contribution in [0, 0.1) is 0 Å². The lowest BCUT2D eigenvalue weighted by atomic mass is 10.1. The Morgan fingerprint density at radius 2 is 2.24 bits per heavy atom. The molecule has 7 nitrogen and oxygen atoms in total. The quantitative estimate of drug-likeness (QED) is 0.778. The minimum Gasteiger partial charge on any atom is -0.333 e. The van der Waals surface area contributed by atoms with E-state index in [-0.39, 0.29) is 24.4 Å². The second kappa shape index (κ2) is 5.16. The molecule has 1 unspecified atom stereocenters. The van der Waals surface area contributed by atoms with Crippen LogP contribution in [0.15, 0.2) is 18.3 Å². The summed E-state index contributed by atoms with van der Waals surface area (Å²) in [6.07, 6.45) is 2.45. The standard InChI is InChI=1S/C14H16N4O3/c1-2-9-3-4-15-10(7-9)13(20)17-5-6-18-11(8-17)12(19)16-14(18)21/h3-4,7,11H,2,5-6,8H2,1H3,(H,16,19,21). The predicted octanol–water partition coefficient (Wildman–Crippen LogP) is 0.0202. The van der Waals surface area contributed by atoms with Gasteiger partial charge in [0.05, 0.1) is 6.54 Å². The lowest BCUT2D eigenvalue weighted by Gasteiger charge is -2.35. The first kappa shape index (κ1) is 13.5. The molecule has 0 spiro atoms. The lowest BCUT2D eigenvalue weighted by molar-refractivity contribution is -0.122. The van der Waals surface area contributed by atoms with Crippen molar-refractivity contribution in [1.82, 2.24) is 20.1 Å². The fourth-order valence-electron chi connectivity index (χ4n) is 2.67. The van der Waals surface area contributed by atoms with E-state index in [9.17, 15) is 14.4 Å². The van der Waals surface area contributed by atoms with Crippen LogP contribution in [0.1, 0.15) is 23.0 Å². The molecule has 0 bridgehead atoms. The third-order valence-corrected chi connectivity index (χ3v) is 3.91. The maximum absolute atomic E-state index is 12.5. The van der Waals surface area contributed by atoms with Gasteiger partial charge in [-0.1, -0.05) is 6.92 Å². The van der Waals surface area contributed by atoms with E-state index in [0.717, 1.165) is 12.0 Å². The Kier molecular flexibility index (Phi) is 3.32. The topological polar surface area (TPSA) is 82.6 Å². The van der Waals surface area contributed by atoms with E-state index < -0.39 is 6.04 Å². The molecule has 2 aliphatic heterocycles. The van der Waals surface area contributed by atoms with Gasteiger partial charge in [-0.25, -0.2) is 4.79 Å². The summed E-state index contributed by atoms with van der Waals surface area (Å²) >= 11 is 0. The summed E-state index contributed by atoms with van der Waals surface area (Å²) < 4.78 is 0. The van der Waals surface area contributed by atoms with Crippen LogP contribution in [0.4, 0.5) is 4.79 Å². The number of nitrogens with one attached hydrogen (secondary N) is 1. The van der Waals surface area contributed by atoms with Gasteiger partial charge in [0.1, 0.15) is 11.7 Å². The van der Waals surface area contributed by atoms with E-state index in [1.807, 2.05) is 13.0 Å². The molecule has 2 saturated heterocycles. The zero-order chi connectivity index (χ0) is 15.0. The van der Waals surface area contributed by atoms with Crippen LogP contribution in [0.5, 0.6) is 0 Å². The third-order valence-electron chi connectivity index (χ3n) is 3.91. The van der Waals surface area contributed by atoms with Crippen molar-refractivity contribution in [3.05, 3.63) is 29.6 Å². The number of carbonyl (C=O) groups is 3. The van der Waals surface area contributed by atoms with E-state index in [1.165, 1.54) is 4.90 Å². The van der Waals surface area contributed by atoms with Crippen LogP contribution < -0.4 is 5.32 Å². The maximum atomic E-state index is 12.5. The number of fused-ring (bicyclic) bond motifs is 1. The Morgan fingerprint density at radius 3 is 3.00 bits per heavy atom. The Bertz CT molecular complexity index is 616. The number of amides is 4. The minimum absolute atomic E-state index is 0.197. The van der Waals surface area contributed by atoms with E-state index in [4.69, 9.17) is 0 Å². The molecule has 1 atom stereocenters. The summed E-state index contributed by atoms with van der Waals surface area (Å²) in [7, 11) is 0. The van der Waals surface area contributed by atoms with Gasteiger partial charge < -0.3 is 9.80 Å². The van der Waals surface area contributed by atoms with Gasteiger partial charge in [-0.05, 0) is 24.1 Å². The average molecular weight is 288 g/mol. The molecule has 3 rings (SSSR count). The molecule has 7 heteroatoms. The van der Waals surface area contributed by atoms with Crippen LogP contribution in [0.2, 0.25) is 0 Å². The highest BCUT2D eigenvalue weighted by Gasteiger charge is 2.43. The molecule has 0 saturated carbocycles. The van der Waals surface area contributed by atoms with Crippen molar-refractivity contribution < 1.29 is 14.4 Å². The monoisotopic (exact) mass is 288 g/mol. The summed E-state index contributed by atoms with van der Waals surface area (Å²) in [5, 5.41) is 2.27. The number of pyridine rings is 1. The van der Waals surface area contributed by atoms with E-state index in [1.54, 1.807) is 17.2 Å². The molecule has 2 fully saturated rings. The second-order valence-electron chi connectivity index (χ2n) is 5.16. The highest BCUT2D eigenvalue weighted by atomic mass is 16.2. The highest BCUT2D eigenvalue weighted by molar-refractivity contribution is 6.05. The van der Waals surface area contributed by atoms with Crippen molar-refractivity contribution in [2.75, 3.05) is 19.6 Å².